The smallest absolute Gasteiger partial charge is 0.121 e. The normalized spacial score (nSPS) is 12.6. The van der Waals surface area contributed by atoms with Crippen molar-refractivity contribution in [3.8, 4) is 0 Å². The Kier molecular flexibility index (Phi) is 3.99. The third kappa shape index (κ3) is 2.98. The molecule has 17 heavy (non-hydrogen) atoms. The van der Waals surface area contributed by atoms with Crippen molar-refractivity contribution >= 4 is 0 Å². The van der Waals surface area contributed by atoms with E-state index in [1.165, 1.54) is 11.1 Å². The molecular formula is C15H19NO. The Balaban J connectivity index is 2.16. The van der Waals surface area contributed by atoms with E-state index in [0.29, 0.717) is 0 Å². The maximum Gasteiger partial charge on any atom is 0.121 e. The summed E-state index contributed by atoms with van der Waals surface area (Å²) < 4.78 is 5.50. The van der Waals surface area contributed by atoms with Crippen LogP contribution in [0, 0.1) is 6.92 Å². The van der Waals surface area contributed by atoms with Crippen molar-refractivity contribution in [2.24, 2.45) is 0 Å². The molecule has 1 atom stereocenters. The molecule has 0 aliphatic rings. The molecule has 1 aromatic heterocycles. The molecule has 2 rings (SSSR count). The standard InChI is InChI=1S/C15H19NO/c1-3-16-14(15-9-6-10-17-15)11-13-8-5-4-7-12(13)2/h4-10,14,16H,3,11H2,1-2H3. The fraction of sp³-hybridized carbons (Fsp3) is 0.333. The van der Waals surface area contributed by atoms with Crippen LogP contribution in [-0.2, 0) is 6.42 Å². The van der Waals surface area contributed by atoms with Crippen LogP contribution in [0.4, 0.5) is 0 Å². The summed E-state index contributed by atoms with van der Waals surface area (Å²) in [4.78, 5) is 0. The van der Waals surface area contributed by atoms with Crippen molar-refractivity contribution in [3.05, 3.63) is 59.5 Å². The predicted octanol–water partition coefficient (Wildman–Crippen LogP) is 3.48. The van der Waals surface area contributed by atoms with E-state index in [1.807, 2.05) is 12.1 Å². The third-order valence-electron chi connectivity index (χ3n) is 3.02. The van der Waals surface area contributed by atoms with Crippen molar-refractivity contribution in [1.82, 2.24) is 5.32 Å². The summed E-state index contributed by atoms with van der Waals surface area (Å²) in [5.74, 6) is 1.01. The molecule has 0 saturated carbocycles. The SMILES string of the molecule is CCNC(Cc1ccccc1C)c1ccco1. The number of nitrogens with one attached hydrogen (secondary N) is 1. The van der Waals surface area contributed by atoms with E-state index in [4.69, 9.17) is 4.42 Å². The molecule has 1 unspecified atom stereocenters. The highest BCUT2D eigenvalue weighted by Crippen LogP contribution is 2.20. The molecule has 0 amide bonds. The van der Waals surface area contributed by atoms with Crippen molar-refractivity contribution in [3.63, 3.8) is 0 Å². The Bertz CT molecular complexity index is 448. The number of hydrogen-bond donors (Lipinski definition) is 1. The Morgan fingerprint density at radius 3 is 2.65 bits per heavy atom. The molecule has 0 aliphatic heterocycles. The van der Waals surface area contributed by atoms with E-state index < -0.39 is 0 Å². The Morgan fingerprint density at radius 2 is 2.00 bits per heavy atom. The van der Waals surface area contributed by atoms with Gasteiger partial charge >= 0.3 is 0 Å². The first-order valence-corrected chi connectivity index (χ1v) is 6.12. The first-order chi connectivity index (χ1) is 8.31. The fourth-order valence-electron chi connectivity index (χ4n) is 2.07. The number of likely N-dealkylation sites (N-methyl/N-ethyl adjacent to an activating group) is 1. The molecule has 0 spiro atoms. The van der Waals surface area contributed by atoms with Crippen LogP contribution in [0.25, 0.3) is 0 Å². The van der Waals surface area contributed by atoms with Crippen molar-refractivity contribution in [2.75, 3.05) is 6.54 Å². The molecule has 0 aliphatic carbocycles. The molecule has 0 radical (unpaired) electrons. The van der Waals surface area contributed by atoms with Gasteiger partial charge in [0.2, 0.25) is 0 Å². The Hall–Kier alpha value is -1.54. The van der Waals surface area contributed by atoms with Crippen molar-refractivity contribution in [1.29, 1.82) is 0 Å². The van der Waals surface area contributed by atoms with E-state index in [9.17, 15) is 0 Å². The summed E-state index contributed by atoms with van der Waals surface area (Å²) in [5.41, 5.74) is 2.71. The lowest BCUT2D eigenvalue weighted by Crippen LogP contribution is -2.22. The maximum absolute atomic E-state index is 5.50. The van der Waals surface area contributed by atoms with Crippen molar-refractivity contribution in [2.45, 2.75) is 26.3 Å². The molecule has 2 nitrogen and oxygen atoms in total. The molecule has 90 valence electrons. The number of furan rings is 1. The van der Waals surface area contributed by atoms with Gasteiger partial charge in [0, 0.05) is 0 Å². The Morgan fingerprint density at radius 1 is 1.18 bits per heavy atom. The highest BCUT2D eigenvalue weighted by molar-refractivity contribution is 5.27. The van der Waals surface area contributed by atoms with E-state index in [0.717, 1.165) is 18.7 Å². The lowest BCUT2D eigenvalue weighted by atomic mass is 10.00. The molecule has 1 N–H and O–H groups in total. The molecule has 0 bridgehead atoms. The summed E-state index contributed by atoms with van der Waals surface area (Å²) in [7, 11) is 0. The minimum atomic E-state index is 0.260. The summed E-state index contributed by atoms with van der Waals surface area (Å²) in [6.45, 7) is 5.21. The predicted molar refractivity (Wildman–Crippen MR) is 70.0 cm³/mol. The largest absolute Gasteiger partial charge is 0.468 e. The minimum Gasteiger partial charge on any atom is -0.468 e. The van der Waals surface area contributed by atoms with E-state index in [1.54, 1.807) is 6.26 Å². The van der Waals surface area contributed by atoms with Crippen LogP contribution in [0.1, 0.15) is 29.9 Å². The van der Waals surface area contributed by atoms with E-state index in [-0.39, 0.29) is 6.04 Å². The summed E-state index contributed by atoms with van der Waals surface area (Å²) in [6, 6.07) is 12.7. The number of rotatable bonds is 5. The van der Waals surface area contributed by atoms with Gasteiger partial charge in [-0.2, -0.15) is 0 Å². The van der Waals surface area contributed by atoms with Crippen LogP contribution in [0.2, 0.25) is 0 Å². The first-order valence-electron chi connectivity index (χ1n) is 6.12. The van der Waals surface area contributed by atoms with Gasteiger partial charge in [0.15, 0.2) is 0 Å². The van der Waals surface area contributed by atoms with Gasteiger partial charge in [-0.1, -0.05) is 31.2 Å². The van der Waals surface area contributed by atoms with Gasteiger partial charge in [-0.3, -0.25) is 0 Å². The van der Waals surface area contributed by atoms with Crippen LogP contribution in [0.15, 0.2) is 47.1 Å². The number of aryl methyl sites for hydroxylation is 1. The van der Waals surface area contributed by atoms with Crippen LogP contribution in [-0.4, -0.2) is 6.54 Å². The van der Waals surface area contributed by atoms with Gasteiger partial charge in [-0.05, 0) is 43.1 Å². The van der Waals surface area contributed by atoms with Gasteiger partial charge < -0.3 is 9.73 Å². The average Bonchev–Trinajstić information content (AvgIpc) is 2.85. The van der Waals surface area contributed by atoms with Crippen LogP contribution >= 0.6 is 0 Å². The first kappa shape index (κ1) is 11.9. The summed E-state index contributed by atoms with van der Waals surface area (Å²) >= 11 is 0. The number of hydrogen-bond acceptors (Lipinski definition) is 2. The number of benzene rings is 1. The van der Waals surface area contributed by atoms with Gasteiger partial charge in [0.05, 0.1) is 12.3 Å². The summed E-state index contributed by atoms with van der Waals surface area (Å²) in [6.07, 6.45) is 2.70. The quantitative estimate of drug-likeness (QED) is 0.849. The average molecular weight is 229 g/mol. The lowest BCUT2D eigenvalue weighted by Gasteiger charge is -2.16. The molecule has 0 fully saturated rings. The van der Waals surface area contributed by atoms with Gasteiger partial charge in [-0.15, -0.1) is 0 Å². The highest BCUT2D eigenvalue weighted by atomic mass is 16.3. The van der Waals surface area contributed by atoms with Gasteiger partial charge in [-0.25, -0.2) is 0 Å². The topological polar surface area (TPSA) is 25.2 Å². The third-order valence-corrected chi connectivity index (χ3v) is 3.02. The lowest BCUT2D eigenvalue weighted by molar-refractivity contribution is 0.416. The maximum atomic E-state index is 5.50. The highest BCUT2D eigenvalue weighted by Gasteiger charge is 2.14. The molecule has 2 heteroatoms. The van der Waals surface area contributed by atoms with Crippen molar-refractivity contribution < 1.29 is 4.42 Å². The van der Waals surface area contributed by atoms with Gasteiger partial charge in [0.1, 0.15) is 5.76 Å². The second-order valence-electron chi connectivity index (χ2n) is 4.26. The van der Waals surface area contributed by atoms with Crippen LogP contribution < -0.4 is 5.32 Å². The summed E-state index contributed by atoms with van der Waals surface area (Å²) in [5, 5.41) is 3.47. The zero-order valence-corrected chi connectivity index (χ0v) is 10.4. The van der Waals surface area contributed by atoms with Gasteiger partial charge in [0.25, 0.3) is 0 Å². The van der Waals surface area contributed by atoms with Crippen LogP contribution in [0.3, 0.4) is 0 Å². The minimum absolute atomic E-state index is 0.260. The fourth-order valence-corrected chi connectivity index (χ4v) is 2.07. The molecule has 0 saturated heterocycles. The molecule has 2 aromatic rings. The molecule has 1 aromatic carbocycles. The van der Waals surface area contributed by atoms with Crippen LogP contribution in [0.5, 0.6) is 0 Å². The zero-order valence-electron chi connectivity index (χ0n) is 10.4. The monoisotopic (exact) mass is 229 g/mol. The second-order valence-corrected chi connectivity index (χ2v) is 4.26. The zero-order chi connectivity index (χ0) is 12.1. The Labute approximate surface area is 103 Å². The van der Waals surface area contributed by atoms with E-state index >= 15 is 0 Å². The molecular weight excluding hydrogens is 210 g/mol. The van der Waals surface area contributed by atoms with E-state index in [2.05, 4.69) is 43.4 Å². The second kappa shape index (κ2) is 5.69. The molecule has 1 heterocycles.